The third kappa shape index (κ3) is 2.21. The Bertz CT molecular complexity index is 370. The maximum Gasteiger partial charge on any atom is 0.254 e. The van der Waals surface area contributed by atoms with Crippen molar-refractivity contribution in [1.82, 2.24) is 9.55 Å². The summed E-state index contributed by atoms with van der Waals surface area (Å²) < 4.78 is 1.60. The van der Waals surface area contributed by atoms with Gasteiger partial charge in [-0.2, -0.15) is 0 Å². The maximum absolute atomic E-state index is 11.5. The number of allylic oxidation sites excluding steroid dienone is 1. The molecule has 0 fully saturated rings. The summed E-state index contributed by atoms with van der Waals surface area (Å²) in [5, 5.41) is 0.741. The molecular formula is C9H12N2OS. The normalized spacial score (nSPS) is 10.0. The highest BCUT2D eigenvalue weighted by molar-refractivity contribution is 7.98. The van der Waals surface area contributed by atoms with Crippen LogP contribution in [0.4, 0.5) is 0 Å². The molecule has 0 spiro atoms. The van der Waals surface area contributed by atoms with Gasteiger partial charge in [-0.25, -0.2) is 4.98 Å². The molecule has 0 aliphatic carbocycles. The van der Waals surface area contributed by atoms with E-state index in [1.807, 2.05) is 13.2 Å². The van der Waals surface area contributed by atoms with Crippen LogP contribution in [0.15, 0.2) is 28.7 Å². The summed E-state index contributed by atoms with van der Waals surface area (Å²) in [6.07, 6.45) is 3.60. The minimum absolute atomic E-state index is 0.0169. The van der Waals surface area contributed by atoms with Gasteiger partial charge in [0.2, 0.25) is 0 Å². The quantitative estimate of drug-likeness (QED) is 0.417. The van der Waals surface area contributed by atoms with Crippen LogP contribution in [0.25, 0.3) is 0 Å². The number of aromatic nitrogens is 2. The molecule has 0 N–H and O–H groups in total. The van der Waals surface area contributed by atoms with E-state index in [9.17, 15) is 4.79 Å². The molecule has 70 valence electrons. The minimum Gasteiger partial charge on any atom is -0.284 e. The standard InChI is InChI=1S/C9H12N2OS/c1-4-5-11-8(12)6-7(2)10-9(11)13-3/h4,6H,1,5H2,2-3H3. The van der Waals surface area contributed by atoms with Gasteiger partial charge in [-0.3, -0.25) is 9.36 Å². The lowest BCUT2D eigenvalue weighted by molar-refractivity contribution is 0.651. The van der Waals surface area contributed by atoms with E-state index < -0.39 is 0 Å². The molecule has 0 aliphatic rings. The Balaban J connectivity index is 3.29. The smallest absolute Gasteiger partial charge is 0.254 e. The van der Waals surface area contributed by atoms with Crippen LogP contribution in [0.2, 0.25) is 0 Å². The summed E-state index contributed by atoms with van der Waals surface area (Å²) >= 11 is 1.47. The molecule has 0 atom stereocenters. The molecule has 0 radical (unpaired) electrons. The number of hydrogen-bond acceptors (Lipinski definition) is 3. The zero-order valence-corrected chi connectivity index (χ0v) is 8.60. The molecule has 0 aromatic carbocycles. The average Bonchev–Trinajstić information content (AvgIpc) is 2.09. The fourth-order valence-electron chi connectivity index (χ4n) is 1.05. The molecule has 1 rings (SSSR count). The molecule has 1 aromatic heterocycles. The number of nitrogens with zero attached hydrogens (tertiary/aromatic N) is 2. The third-order valence-electron chi connectivity index (χ3n) is 1.60. The monoisotopic (exact) mass is 196 g/mol. The third-order valence-corrected chi connectivity index (χ3v) is 2.27. The van der Waals surface area contributed by atoms with E-state index in [0.717, 1.165) is 10.9 Å². The van der Waals surface area contributed by atoms with Gasteiger partial charge in [0.25, 0.3) is 5.56 Å². The van der Waals surface area contributed by atoms with Crippen LogP contribution < -0.4 is 5.56 Å². The van der Waals surface area contributed by atoms with Crippen LogP contribution in [0, 0.1) is 6.92 Å². The zero-order chi connectivity index (χ0) is 9.84. The first-order valence-corrected chi connectivity index (χ1v) is 5.15. The van der Waals surface area contributed by atoms with Crippen LogP contribution >= 0.6 is 11.8 Å². The molecule has 0 aliphatic heterocycles. The van der Waals surface area contributed by atoms with E-state index in [1.54, 1.807) is 10.6 Å². The van der Waals surface area contributed by atoms with Gasteiger partial charge in [0, 0.05) is 18.3 Å². The second kappa shape index (κ2) is 4.28. The Morgan fingerprint density at radius 2 is 2.46 bits per heavy atom. The van der Waals surface area contributed by atoms with E-state index in [1.165, 1.54) is 17.8 Å². The van der Waals surface area contributed by atoms with Gasteiger partial charge in [-0.15, -0.1) is 6.58 Å². The van der Waals surface area contributed by atoms with Crippen molar-refractivity contribution < 1.29 is 0 Å². The van der Waals surface area contributed by atoms with E-state index in [2.05, 4.69) is 11.6 Å². The fraction of sp³-hybridized carbons (Fsp3) is 0.333. The average molecular weight is 196 g/mol. The Labute approximate surface area is 81.5 Å². The second-order valence-electron chi connectivity index (χ2n) is 2.62. The number of hydrogen-bond donors (Lipinski definition) is 0. The molecule has 4 heteroatoms. The first kappa shape index (κ1) is 10.1. The lowest BCUT2D eigenvalue weighted by atomic mass is 10.4. The van der Waals surface area contributed by atoms with Crippen molar-refractivity contribution in [3.8, 4) is 0 Å². The fourth-order valence-corrected chi connectivity index (χ4v) is 1.67. The molecule has 1 aromatic rings. The predicted molar refractivity (Wildman–Crippen MR) is 55.2 cm³/mol. The lowest BCUT2D eigenvalue weighted by Crippen LogP contribution is -2.22. The van der Waals surface area contributed by atoms with E-state index in [0.29, 0.717) is 6.54 Å². The van der Waals surface area contributed by atoms with Gasteiger partial charge in [0.1, 0.15) is 0 Å². The summed E-state index contributed by atoms with van der Waals surface area (Å²) in [7, 11) is 0. The van der Waals surface area contributed by atoms with Crippen LogP contribution in [0.3, 0.4) is 0 Å². The Kier molecular flexibility index (Phi) is 3.31. The summed E-state index contributed by atoms with van der Waals surface area (Å²) in [5.41, 5.74) is 0.742. The van der Waals surface area contributed by atoms with Gasteiger partial charge in [0.05, 0.1) is 0 Å². The van der Waals surface area contributed by atoms with Crippen LogP contribution in [-0.2, 0) is 6.54 Å². The summed E-state index contributed by atoms with van der Waals surface area (Å²) in [4.78, 5) is 15.7. The molecule has 0 saturated heterocycles. The first-order chi connectivity index (χ1) is 6.19. The van der Waals surface area contributed by atoms with Crippen molar-refractivity contribution in [2.24, 2.45) is 0 Å². The molecule has 3 nitrogen and oxygen atoms in total. The molecule has 0 saturated carbocycles. The Morgan fingerprint density at radius 1 is 1.77 bits per heavy atom. The Hall–Kier alpha value is -1.03. The van der Waals surface area contributed by atoms with Crippen molar-refractivity contribution >= 4 is 11.8 Å². The first-order valence-electron chi connectivity index (χ1n) is 3.92. The van der Waals surface area contributed by atoms with E-state index >= 15 is 0 Å². The van der Waals surface area contributed by atoms with Gasteiger partial charge in [-0.05, 0) is 13.2 Å². The summed E-state index contributed by atoms with van der Waals surface area (Å²) in [6, 6.07) is 1.53. The minimum atomic E-state index is -0.0169. The molecule has 13 heavy (non-hydrogen) atoms. The maximum atomic E-state index is 11.5. The SMILES string of the molecule is C=CCn1c(SC)nc(C)cc1=O. The van der Waals surface area contributed by atoms with Gasteiger partial charge in [0.15, 0.2) is 5.16 Å². The summed E-state index contributed by atoms with van der Waals surface area (Å²) in [5.74, 6) is 0. The molecule has 1 heterocycles. The highest BCUT2D eigenvalue weighted by Crippen LogP contribution is 2.09. The van der Waals surface area contributed by atoms with Crippen molar-refractivity contribution in [2.75, 3.05) is 6.26 Å². The lowest BCUT2D eigenvalue weighted by Gasteiger charge is -2.07. The topological polar surface area (TPSA) is 34.9 Å². The second-order valence-corrected chi connectivity index (χ2v) is 3.40. The highest BCUT2D eigenvalue weighted by Gasteiger charge is 2.03. The Morgan fingerprint density at radius 3 is 3.00 bits per heavy atom. The molecule has 0 bridgehead atoms. The van der Waals surface area contributed by atoms with Crippen molar-refractivity contribution in [3.05, 3.63) is 34.8 Å². The molecule has 0 unspecified atom stereocenters. The van der Waals surface area contributed by atoms with Crippen molar-refractivity contribution in [2.45, 2.75) is 18.6 Å². The van der Waals surface area contributed by atoms with E-state index in [4.69, 9.17) is 0 Å². The van der Waals surface area contributed by atoms with Crippen molar-refractivity contribution in [1.29, 1.82) is 0 Å². The number of rotatable bonds is 3. The molecule has 0 amide bonds. The largest absolute Gasteiger partial charge is 0.284 e. The zero-order valence-electron chi connectivity index (χ0n) is 7.78. The van der Waals surface area contributed by atoms with Gasteiger partial charge >= 0.3 is 0 Å². The highest BCUT2D eigenvalue weighted by atomic mass is 32.2. The van der Waals surface area contributed by atoms with Gasteiger partial charge in [-0.1, -0.05) is 17.8 Å². The van der Waals surface area contributed by atoms with E-state index in [-0.39, 0.29) is 5.56 Å². The van der Waals surface area contributed by atoms with Crippen molar-refractivity contribution in [3.63, 3.8) is 0 Å². The van der Waals surface area contributed by atoms with Crippen LogP contribution in [-0.4, -0.2) is 15.8 Å². The number of aryl methyl sites for hydroxylation is 1. The van der Waals surface area contributed by atoms with Crippen LogP contribution in [0.1, 0.15) is 5.69 Å². The van der Waals surface area contributed by atoms with Crippen LogP contribution in [0.5, 0.6) is 0 Å². The predicted octanol–water partition coefficient (Wildman–Crippen LogP) is 1.46. The summed E-state index contributed by atoms with van der Waals surface area (Å²) in [6.45, 7) is 5.93. The molecular weight excluding hydrogens is 184 g/mol. The number of thioether (sulfide) groups is 1. The van der Waals surface area contributed by atoms with Gasteiger partial charge < -0.3 is 0 Å².